The molecule has 1 aliphatic rings. The van der Waals surface area contributed by atoms with Crippen LogP contribution in [-0.4, -0.2) is 35.5 Å². The van der Waals surface area contributed by atoms with E-state index >= 15 is 0 Å². The van der Waals surface area contributed by atoms with E-state index in [0.29, 0.717) is 18.2 Å². The fourth-order valence-electron chi connectivity index (χ4n) is 2.62. The fourth-order valence-corrected chi connectivity index (χ4v) is 2.62. The molecule has 0 bridgehead atoms. The predicted molar refractivity (Wildman–Crippen MR) is 81.1 cm³/mol. The number of nitrogens with one attached hydrogen (secondary N) is 1. The highest BCUT2D eigenvalue weighted by Gasteiger charge is 2.23. The molecule has 1 fully saturated rings. The molecule has 1 aromatic heterocycles. The van der Waals surface area contributed by atoms with Crippen LogP contribution in [0.15, 0.2) is 48.9 Å². The van der Waals surface area contributed by atoms with Gasteiger partial charge in [-0.1, -0.05) is 18.2 Å². The summed E-state index contributed by atoms with van der Waals surface area (Å²) in [7, 11) is 0. The highest BCUT2D eigenvalue weighted by molar-refractivity contribution is 5.91. The average molecular weight is 282 g/mol. The van der Waals surface area contributed by atoms with Gasteiger partial charge in [-0.3, -0.25) is 9.78 Å². The van der Waals surface area contributed by atoms with Gasteiger partial charge in [0.25, 0.3) is 5.91 Å². The Kier molecular flexibility index (Phi) is 4.09. The zero-order valence-electron chi connectivity index (χ0n) is 11.8. The zero-order chi connectivity index (χ0) is 14.5. The van der Waals surface area contributed by atoms with Crippen molar-refractivity contribution in [3.63, 3.8) is 0 Å². The molecule has 21 heavy (non-hydrogen) atoms. The summed E-state index contributed by atoms with van der Waals surface area (Å²) >= 11 is 0. The van der Waals surface area contributed by atoms with Gasteiger partial charge in [0.05, 0.1) is 6.20 Å². The molecule has 5 nitrogen and oxygen atoms in total. The maximum Gasteiger partial charge on any atom is 0.271 e. The molecule has 1 atom stereocenters. The Balaban J connectivity index is 1.50. The van der Waals surface area contributed by atoms with Crippen molar-refractivity contribution in [2.75, 3.05) is 24.5 Å². The Labute approximate surface area is 124 Å². The fraction of sp³-hybridized carbons (Fsp3) is 0.312. The van der Waals surface area contributed by atoms with Gasteiger partial charge in [-0.05, 0) is 24.5 Å². The summed E-state index contributed by atoms with van der Waals surface area (Å²) in [5.74, 6) is 0.326. The van der Waals surface area contributed by atoms with Gasteiger partial charge >= 0.3 is 0 Å². The first-order valence-electron chi connectivity index (χ1n) is 7.17. The molecule has 2 heterocycles. The number of anilines is 1. The first kappa shape index (κ1) is 13.5. The van der Waals surface area contributed by atoms with E-state index in [-0.39, 0.29) is 5.91 Å². The van der Waals surface area contributed by atoms with E-state index in [1.807, 2.05) is 6.07 Å². The summed E-state index contributed by atoms with van der Waals surface area (Å²) in [5.41, 5.74) is 1.62. The Hall–Kier alpha value is -2.43. The number of para-hydroxylation sites is 1. The Morgan fingerprint density at radius 2 is 2.14 bits per heavy atom. The van der Waals surface area contributed by atoms with Crippen molar-refractivity contribution in [3.05, 3.63) is 54.6 Å². The van der Waals surface area contributed by atoms with Crippen LogP contribution in [0.2, 0.25) is 0 Å². The molecular formula is C16H18N4O. The summed E-state index contributed by atoms with van der Waals surface area (Å²) in [6.07, 6.45) is 5.67. The first-order valence-corrected chi connectivity index (χ1v) is 7.17. The molecule has 0 unspecified atom stereocenters. The maximum absolute atomic E-state index is 11.9. The number of carbonyl (C=O) groups is 1. The van der Waals surface area contributed by atoms with Crippen LogP contribution in [0.25, 0.3) is 0 Å². The third-order valence-corrected chi connectivity index (χ3v) is 3.75. The molecule has 1 saturated heterocycles. The van der Waals surface area contributed by atoms with Crippen molar-refractivity contribution in [1.82, 2.24) is 15.3 Å². The largest absolute Gasteiger partial charge is 0.371 e. The third-order valence-electron chi connectivity index (χ3n) is 3.75. The van der Waals surface area contributed by atoms with Gasteiger partial charge in [-0.25, -0.2) is 4.98 Å². The van der Waals surface area contributed by atoms with Gasteiger partial charge in [0.1, 0.15) is 5.69 Å². The molecule has 0 spiro atoms. The number of hydrogen-bond acceptors (Lipinski definition) is 4. The van der Waals surface area contributed by atoms with E-state index in [1.54, 1.807) is 6.20 Å². The second-order valence-electron chi connectivity index (χ2n) is 5.24. The van der Waals surface area contributed by atoms with Crippen LogP contribution in [0.5, 0.6) is 0 Å². The highest BCUT2D eigenvalue weighted by Crippen LogP contribution is 2.22. The second kappa shape index (κ2) is 6.35. The molecule has 1 N–H and O–H groups in total. The molecule has 5 heteroatoms. The zero-order valence-corrected chi connectivity index (χ0v) is 11.8. The van der Waals surface area contributed by atoms with E-state index in [0.717, 1.165) is 19.5 Å². The van der Waals surface area contributed by atoms with Gasteiger partial charge in [-0.2, -0.15) is 0 Å². The van der Waals surface area contributed by atoms with Crippen molar-refractivity contribution in [3.8, 4) is 0 Å². The first-order chi connectivity index (χ1) is 10.3. The van der Waals surface area contributed by atoms with Gasteiger partial charge in [0, 0.05) is 37.7 Å². The molecule has 0 saturated carbocycles. The summed E-state index contributed by atoms with van der Waals surface area (Å²) in [6, 6.07) is 10.4. The molecule has 1 amide bonds. The number of amides is 1. The minimum absolute atomic E-state index is 0.152. The van der Waals surface area contributed by atoms with E-state index in [1.165, 1.54) is 18.1 Å². The lowest BCUT2D eigenvalue weighted by Gasteiger charge is -2.18. The quantitative estimate of drug-likeness (QED) is 0.928. The number of rotatable bonds is 4. The van der Waals surface area contributed by atoms with Crippen molar-refractivity contribution < 1.29 is 4.79 Å². The number of benzene rings is 1. The highest BCUT2D eigenvalue weighted by atomic mass is 16.1. The number of aromatic nitrogens is 2. The monoisotopic (exact) mass is 282 g/mol. The van der Waals surface area contributed by atoms with Crippen LogP contribution in [0, 0.1) is 5.92 Å². The standard InChI is InChI=1S/C16H18N4O/c21-16(15-11-17-7-8-18-15)19-10-13-6-9-20(12-13)14-4-2-1-3-5-14/h1-5,7-8,11,13H,6,9-10,12H2,(H,19,21)/t13-/m1/s1. The van der Waals surface area contributed by atoms with E-state index < -0.39 is 0 Å². The average Bonchev–Trinajstić information content (AvgIpc) is 3.03. The SMILES string of the molecule is O=C(NC[C@H]1CCN(c2ccccc2)C1)c1cnccn1. The minimum atomic E-state index is -0.152. The Bertz CT molecular complexity index is 588. The summed E-state index contributed by atoms with van der Waals surface area (Å²) in [4.78, 5) is 22.2. The topological polar surface area (TPSA) is 58.1 Å². The summed E-state index contributed by atoms with van der Waals surface area (Å²) in [5, 5.41) is 2.94. The van der Waals surface area contributed by atoms with Crippen LogP contribution in [0.3, 0.4) is 0 Å². The van der Waals surface area contributed by atoms with E-state index in [4.69, 9.17) is 0 Å². The molecule has 3 rings (SSSR count). The maximum atomic E-state index is 11.9. The molecule has 1 aromatic carbocycles. The molecule has 2 aromatic rings. The smallest absolute Gasteiger partial charge is 0.271 e. The number of hydrogen-bond donors (Lipinski definition) is 1. The predicted octanol–water partition coefficient (Wildman–Crippen LogP) is 1.73. The molecule has 108 valence electrons. The van der Waals surface area contributed by atoms with Crippen molar-refractivity contribution in [2.24, 2.45) is 5.92 Å². The Morgan fingerprint density at radius 1 is 1.29 bits per heavy atom. The lowest BCUT2D eigenvalue weighted by Crippen LogP contribution is -2.31. The van der Waals surface area contributed by atoms with Gasteiger partial charge in [-0.15, -0.1) is 0 Å². The van der Waals surface area contributed by atoms with Crippen molar-refractivity contribution in [2.45, 2.75) is 6.42 Å². The van der Waals surface area contributed by atoms with Gasteiger partial charge < -0.3 is 10.2 Å². The molecular weight excluding hydrogens is 264 g/mol. The number of carbonyl (C=O) groups excluding carboxylic acids is 1. The van der Waals surface area contributed by atoms with E-state index in [9.17, 15) is 4.79 Å². The third kappa shape index (κ3) is 3.37. The van der Waals surface area contributed by atoms with Crippen LogP contribution >= 0.6 is 0 Å². The van der Waals surface area contributed by atoms with Gasteiger partial charge in [0.2, 0.25) is 0 Å². The molecule has 0 radical (unpaired) electrons. The van der Waals surface area contributed by atoms with Crippen LogP contribution in [0.4, 0.5) is 5.69 Å². The summed E-state index contributed by atoms with van der Waals surface area (Å²) < 4.78 is 0. The van der Waals surface area contributed by atoms with Crippen LogP contribution in [0.1, 0.15) is 16.9 Å². The normalized spacial score (nSPS) is 17.7. The summed E-state index contributed by atoms with van der Waals surface area (Å²) in [6.45, 7) is 2.69. The van der Waals surface area contributed by atoms with Crippen molar-refractivity contribution in [1.29, 1.82) is 0 Å². The van der Waals surface area contributed by atoms with Crippen molar-refractivity contribution >= 4 is 11.6 Å². The Morgan fingerprint density at radius 3 is 2.90 bits per heavy atom. The van der Waals surface area contributed by atoms with E-state index in [2.05, 4.69) is 44.5 Å². The molecule has 0 aliphatic carbocycles. The minimum Gasteiger partial charge on any atom is -0.371 e. The molecule has 1 aliphatic heterocycles. The number of nitrogens with zero attached hydrogens (tertiary/aromatic N) is 3. The van der Waals surface area contributed by atoms with Crippen LogP contribution in [-0.2, 0) is 0 Å². The second-order valence-corrected chi connectivity index (χ2v) is 5.24. The van der Waals surface area contributed by atoms with Gasteiger partial charge in [0.15, 0.2) is 0 Å². The lowest BCUT2D eigenvalue weighted by molar-refractivity contribution is 0.0943. The van der Waals surface area contributed by atoms with Crippen LogP contribution < -0.4 is 10.2 Å². The lowest BCUT2D eigenvalue weighted by atomic mass is 10.1.